The molecule has 0 saturated carbocycles. The van der Waals surface area contributed by atoms with Crippen LogP contribution < -0.4 is 11.1 Å². The molecule has 0 saturated heterocycles. The van der Waals surface area contributed by atoms with Gasteiger partial charge in [0.15, 0.2) is 0 Å². The smallest absolute Gasteiger partial charge is 0.376 e. The Hall–Kier alpha value is -2.18. The largest absolute Gasteiger partial charge is 0.463 e. The first kappa shape index (κ1) is 13.9. The molecule has 98 valence electrons. The van der Waals surface area contributed by atoms with Crippen LogP contribution in [0.5, 0.6) is 0 Å². The van der Waals surface area contributed by atoms with Crippen LogP contribution in [0.4, 0.5) is 5.82 Å². The molecule has 1 rings (SSSR count). The third-order valence-electron chi connectivity index (χ3n) is 2.40. The first-order valence-corrected chi connectivity index (χ1v) is 5.32. The van der Waals surface area contributed by atoms with Gasteiger partial charge in [-0.1, -0.05) is 0 Å². The minimum absolute atomic E-state index is 0.0422. The van der Waals surface area contributed by atoms with Crippen molar-refractivity contribution in [3.63, 3.8) is 0 Å². The Morgan fingerprint density at radius 3 is 2.72 bits per heavy atom. The maximum atomic E-state index is 11.2. The van der Waals surface area contributed by atoms with Crippen molar-refractivity contribution >= 4 is 17.7 Å². The van der Waals surface area contributed by atoms with E-state index >= 15 is 0 Å². The van der Waals surface area contributed by atoms with Crippen LogP contribution in [0.25, 0.3) is 0 Å². The van der Waals surface area contributed by atoms with Gasteiger partial charge in [-0.2, -0.15) is 0 Å². The molecule has 1 aromatic rings. The summed E-state index contributed by atoms with van der Waals surface area (Å²) < 4.78 is 4.51. The number of nitrogens with one attached hydrogen (secondary N) is 1. The van der Waals surface area contributed by atoms with E-state index in [-0.39, 0.29) is 5.82 Å². The van der Waals surface area contributed by atoms with Gasteiger partial charge in [0.25, 0.3) is 0 Å². The fraction of sp³-hybridized carbons (Fsp3) is 0.455. The standard InChI is InChI=1S/C11H16N4O3/c1-11(2,10(12)17)6-14-7-4-5-13-8(15-7)9(16)18-3/h4-5H,6H2,1-3H3,(H2,12,17)(H,13,14,15). The van der Waals surface area contributed by atoms with Crippen LogP contribution in [0.15, 0.2) is 12.3 Å². The summed E-state index contributed by atoms with van der Waals surface area (Å²) in [4.78, 5) is 30.1. The van der Waals surface area contributed by atoms with Crippen LogP contribution in [-0.4, -0.2) is 35.5 Å². The number of hydrogen-bond acceptors (Lipinski definition) is 6. The fourth-order valence-corrected chi connectivity index (χ4v) is 1.05. The number of rotatable bonds is 5. The van der Waals surface area contributed by atoms with Crippen LogP contribution in [0.1, 0.15) is 24.5 Å². The summed E-state index contributed by atoms with van der Waals surface area (Å²) in [5.74, 6) is -0.649. The third kappa shape index (κ3) is 3.41. The Balaban J connectivity index is 2.74. The Bertz CT molecular complexity index is 459. The molecular weight excluding hydrogens is 236 g/mol. The van der Waals surface area contributed by atoms with Crippen molar-refractivity contribution in [3.8, 4) is 0 Å². The number of hydrogen-bond donors (Lipinski definition) is 2. The lowest BCUT2D eigenvalue weighted by Crippen LogP contribution is -2.37. The third-order valence-corrected chi connectivity index (χ3v) is 2.40. The van der Waals surface area contributed by atoms with Crippen molar-refractivity contribution < 1.29 is 14.3 Å². The summed E-state index contributed by atoms with van der Waals surface area (Å²) in [6.07, 6.45) is 1.43. The number of esters is 1. The fourth-order valence-electron chi connectivity index (χ4n) is 1.05. The molecule has 1 heterocycles. The lowest BCUT2D eigenvalue weighted by molar-refractivity contribution is -0.125. The Kier molecular flexibility index (Phi) is 4.19. The summed E-state index contributed by atoms with van der Waals surface area (Å²) >= 11 is 0. The van der Waals surface area contributed by atoms with Crippen LogP contribution >= 0.6 is 0 Å². The van der Waals surface area contributed by atoms with Gasteiger partial charge in [0.05, 0.1) is 12.5 Å². The number of anilines is 1. The molecule has 0 spiro atoms. The van der Waals surface area contributed by atoms with Crippen molar-refractivity contribution in [2.75, 3.05) is 19.0 Å². The molecule has 18 heavy (non-hydrogen) atoms. The van der Waals surface area contributed by atoms with Gasteiger partial charge in [0, 0.05) is 12.7 Å². The van der Waals surface area contributed by atoms with Crippen LogP contribution in [-0.2, 0) is 9.53 Å². The first-order chi connectivity index (χ1) is 8.36. The highest BCUT2D eigenvalue weighted by Crippen LogP contribution is 2.15. The van der Waals surface area contributed by atoms with Crippen LogP contribution in [0, 0.1) is 5.41 Å². The minimum Gasteiger partial charge on any atom is -0.463 e. The molecule has 0 aliphatic carbocycles. The molecule has 7 nitrogen and oxygen atoms in total. The predicted molar refractivity (Wildman–Crippen MR) is 64.8 cm³/mol. The molecular formula is C11H16N4O3. The highest BCUT2D eigenvalue weighted by Gasteiger charge is 2.24. The second kappa shape index (κ2) is 5.44. The average molecular weight is 252 g/mol. The normalized spacial score (nSPS) is 10.8. The van der Waals surface area contributed by atoms with E-state index in [9.17, 15) is 9.59 Å². The SMILES string of the molecule is COC(=O)c1nccc(NCC(C)(C)C(N)=O)n1. The number of primary amides is 1. The van der Waals surface area contributed by atoms with Gasteiger partial charge in [-0.05, 0) is 19.9 Å². The van der Waals surface area contributed by atoms with Crippen molar-refractivity contribution in [1.29, 1.82) is 0 Å². The Morgan fingerprint density at radius 2 is 2.17 bits per heavy atom. The van der Waals surface area contributed by atoms with Gasteiger partial charge in [-0.15, -0.1) is 0 Å². The number of carbonyl (C=O) groups excluding carboxylic acids is 2. The summed E-state index contributed by atoms with van der Waals surface area (Å²) in [6.45, 7) is 3.73. The van der Waals surface area contributed by atoms with E-state index in [0.29, 0.717) is 12.4 Å². The molecule has 7 heteroatoms. The number of methoxy groups -OCH3 is 1. The van der Waals surface area contributed by atoms with Crippen LogP contribution in [0.2, 0.25) is 0 Å². The maximum Gasteiger partial charge on any atom is 0.376 e. The van der Waals surface area contributed by atoms with E-state index < -0.39 is 17.3 Å². The van der Waals surface area contributed by atoms with Crippen molar-refractivity contribution in [2.24, 2.45) is 11.1 Å². The molecule has 3 N–H and O–H groups in total. The number of ether oxygens (including phenoxy) is 1. The van der Waals surface area contributed by atoms with Gasteiger partial charge in [-0.25, -0.2) is 14.8 Å². The quantitative estimate of drug-likeness (QED) is 0.724. The molecule has 1 aromatic heterocycles. The highest BCUT2D eigenvalue weighted by molar-refractivity contribution is 5.85. The summed E-state index contributed by atoms with van der Waals surface area (Å²) in [6, 6.07) is 1.59. The van der Waals surface area contributed by atoms with Gasteiger partial charge < -0.3 is 15.8 Å². The topological polar surface area (TPSA) is 107 Å². The average Bonchev–Trinajstić information content (AvgIpc) is 2.35. The van der Waals surface area contributed by atoms with Crippen molar-refractivity contribution in [2.45, 2.75) is 13.8 Å². The molecule has 0 fully saturated rings. The number of amides is 1. The lowest BCUT2D eigenvalue weighted by atomic mass is 9.93. The van der Waals surface area contributed by atoms with Gasteiger partial charge >= 0.3 is 5.97 Å². The molecule has 0 aliphatic rings. The van der Waals surface area contributed by atoms with E-state index in [1.807, 2.05) is 0 Å². The van der Waals surface area contributed by atoms with E-state index in [4.69, 9.17) is 5.73 Å². The first-order valence-electron chi connectivity index (χ1n) is 5.32. The zero-order valence-electron chi connectivity index (χ0n) is 10.6. The van der Waals surface area contributed by atoms with Crippen LogP contribution in [0.3, 0.4) is 0 Å². The molecule has 0 bridgehead atoms. The maximum absolute atomic E-state index is 11.2. The van der Waals surface area contributed by atoms with Gasteiger partial charge in [0.2, 0.25) is 11.7 Å². The molecule has 0 unspecified atom stereocenters. The van der Waals surface area contributed by atoms with E-state index in [2.05, 4.69) is 20.0 Å². The predicted octanol–water partition coefficient (Wildman–Crippen LogP) is 0.187. The van der Waals surface area contributed by atoms with Gasteiger partial charge in [-0.3, -0.25) is 4.79 Å². The van der Waals surface area contributed by atoms with Gasteiger partial charge in [0.1, 0.15) is 5.82 Å². The minimum atomic E-state index is -0.712. The number of nitrogens with two attached hydrogens (primary N) is 1. The molecule has 0 atom stereocenters. The molecule has 0 aromatic carbocycles. The Morgan fingerprint density at radius 1 is 1.50 bits per heavy atom. The summed E-state index contributed by atoms with van der Waals surface area (Å²) in [7, 11) is 1.25. The van der Waals surface area contributed by atoms with E-state index in [1.165, 1.54) is 13.3 Å². The lowest BCUT2D eigenvalue weighted by Gasteiger charge is -2.20. The number of aromatic nitrogens is 2. The second-order valence-corrected chi connectivity index (χ2v) is 4.36. The monoisotopic (exact) mass is 252 g/mol. The molecule has 0 radical (unpaired) electrons. The second-order valence-electron chi connectivity index (χ2n) is 4.36. The number of carbonyl (C=O) groups is 2. The van der Waals surface area contributed by atoms with Crippen molar-refractivity contribution in [3.05, 3.63) is 18.1 Å². The van der Waals surface area contributed by atoms with Crippen molar-refractivity contribution in [1.82, 2.24) is 9.97 Å². The van der Waals surface area contributed by atoms with E-state index in [1.54, 1.807) is 19.9 Å². The Labute approximate surface area is 105 Å². The number of nitrogens with zero attached hydrogens (tertiary/aromatic N) is 2. The zero-order chi connectivity index (χ0) is 13.8. The molecule has 1 amide bonds. The van der Waals surface area contributed by atoms with E-state index in [0.717, 1.165) is 0 Å². The summed E-state index contributed by atoms with van der Waals surface area (Å²) in [5.41, 5.74) is 4.54. The zero-order valence-corrected chi connectivity index (χ0v) is 10.6. The molecule has 0 aliphatic heterocycles. The summed E-state index contributed by atoms with van der Waals surface area (Å²) in [5, 5.41) is 2.93. The highest BCUT2D eigenvalue weighted by atomic mass is 16.5.